The van der Waals surface area contributed by atoms with Crippen molar-refractivity contribution in [2.45, 2.75) is 19.5 Å². The summed E-state index contributed by atoms with van der Waals surface area (Å²) < 4.78 is 48.4. The number of carbonyl (C=O) groups excluding carboxylic acids is 2. The zero-order valence-corrected chi connectivity index (χ0v) is 16.2. The van der Waals surface area contributed by atoms with E-state index in [0.717, 1.165) is 0 Å². The monoisotopic (exact) mass is 422 g/mol. The fourth-order valence-corrected chi connectivity index (χ4v) is 3.33. The second kappa shape index (κ2) is 9.51. The summed E-state index contributed by atoms with van der Waals surface area (Å²) in [6.07, 6.45) is 0.363. The van der Waals surface area contributed by atoms with Crippen LogP contribution in [0.4, 0.5) is 18.9 Å². The molecule has 0 radical (unpaired) electrons. The van der Waals surface area contributed by atoms with Gasteiger partial charge in [-0.05, 0) is 36.2 Å². The third kappa shape index (κ3) is 5.03. The Balaban J connectivity index is 1.55. The third-order valence-electron chi connectivity index (χ3n) is 4.80. The molecular formula is C21H21F3N2O4. The number of hydrogen-bond donors (Lipinski definition) is 1. The van der Waals surface area contributed by atoms with Crippen LogP contribution < -0.4 is 19.7 Å². The Labute approximate surface area is 171 Å². The van der Waals surface area contributed by atoms with E-state index >= 15 is 0 Å². The average molecular weight is 422 g/mol. The van der Waals surface area contributed by atoms with Crippen LogP contribution in [0, 0.1) is 11.7 Å². The fourth-order valence-electron chi connectivity index (χ4n) is 3.33. The number of hydrogen-bond acceptors (Lipinski definition) is 4. The van der Waals surface area contributed by atoms with Gasteiger partial charge in [0.05, 0.1) is 18.7 Å². The van der Waals surface area contributed by atoms with Gasteiger partial charge in [0.2, 0.25) is 11.8 Å². The molecule has 1 N–H and O–H groups in total. The predicted molar refractivity (Wildman–Crippen MR) is 103 cm³/mol. The first-order valence-electron chi connectivity index (χ1n) is 9.33. The maximum atomic E-state index is 13.9. The molecule has 1 aliphatic rings. The summed E-state index contributed by atoms with van der Waals surface area (Å²) in [6.45, 7) is -2.64. The first-order chi connectivity index (χ1) is 14.4. The molecule has 2 aromatic carbocycles. The summed E-state index contributed by atoms with van der Waals surface area (Å²) in [5.41, 5.74) is 0.824. The minimum atomic E-state index is -2.98. The van der Waals surface area contributed by atoms with Crippen molar-refractivity contribution >= 4 is 17.5 Å². The summed E-state index contributed by atoms with van der Waals surface area (Å²) >= 11 is 0. The average Bonchev–Trinajstić information content (AvgIpc) is 3.09. The summed E-state index contributed by atoms with van der Waals surface area (Å²) in [5, 5.41) is 2.74. The molecule has 0 aliphatic carbocycles. The standard InChI is InChI=1S/C21H21F3N2O4/c1-29-17-7-6-13(10-18(17)30-21(23)24)8-9-25-20(28)14-11-19(27)26(12-14)16-5-3-2-4-15(16)22/h2-7,10,14,21H,8-9,11-12H2,1H3,(H,25,28). The molecule has 0 saturated carbocycles. The Morgan fingerprint density at radius 1 is 1.23 bits per heavy atom. The van der Waals surface area contributed by atoms with Crippen LogP contribution in [-0.4, -0.2) is 38.6 Å². The minimum Gasteiger partial charge on any atom is -0.493 e. The highest BCUT2D eigenvalue weighted by molar-refractivity contribution is 6.00. The van der Waals surface area contributed by atoms with E-state index in [0.29, 0.717) is 12.0 Å². The summed E-state index contributed by atoms with van der Waals surface area (Å²) in [5.74, 6) is -1.65. The highest BCUT2D eigenvalue weighted by Gasteiger charge is 2.35. The maximum Gasteiger partial charge on any atom is 0.387 e. The molecule has 1 unspecified atom stereocenters. The summed E-state index contributed by atoms with van der Waals surface area (Å²) in [4.78, 5) is 25.9. The normalized spacial score (nSPS) is 16.1. The van der Waals surface area contributed by atoms with Crippen LogP contribution in [0.25, 0.3) is 0 Å². The molecule has 6 nitrogen and oxygen atoms in total. The quantitative estimate of drug-likeness (QED) is 0.710. The van der Waals surface area contributed by atoms with Crippen molar-refractivity contribution in [2.24, 2.45) is 5.92 Å². The molecule has 0 bridgehead atoms. The Morgan fingerprint density at radius 3 is 2.70 bits per heavy atom. The van der Waals surface area contributed by atoms with E-state index in [1.54, 1.807) is 12.1 Å². The number of carbonyl (C=O) groups is 2. The lowest BCUT2D eigenvalue weighted by Crippen LogP contribution is -2.34. The number of alkyl halides is 2. The number of para-hydroxylation sites is 1. The van der Waals surface area contributed by atoms with Crippen LogP contribution in [0.15, 0.2) is 42.5 Å². The van der Waals surface area contributed by atoms with Gasteiger partial charge in [0.1, 0.15) is 5.82 Å². The predicted octanol–water partition coefficient (Wildman–Crippen LogP) is 3.15. The molecule has 9 heteroatoms. The van der Waals surface area contributed by atoms with Crippen molar-refractivity contribution in [3.8, 4) is 11.5 Å². The molecule has 2 amide bonds. The van der Waals surface area contributed by atoms with Gasteiger partial charge in [-0.2, -0.15) is 8.78 Å². The first-order valence-corrected chi connectivity index (χ1v) is 9.33. The largest absolute Gasteiger partial charge is 0.493 e. The Bertz CT molecular complexity index is 923. The number of nitrogens with zero attached hydrogens (tertiary/aromatic N) is 1. The third-order valence-corrected chi connectivity index (χ3v) is 4.80. The van der Waals surface area contributed by atoms with Gasteiger partial charge in [0.15, 0.2) is 11.5 Å². The molecule has 0 aromatic heterocycles. The number of amides is 2. The maximum absolute atomic E-state index is 13.9. The SMILES string of the molecule is COc1ccc(CCNC(=O)C2CC(=O)N(c3ccccc3F)C2)cc1OC(F)F. The van der Waals surface area contributed by atoms with E-state index in [2.05, 4.69) is 10.1 Å². The summed E-state index contributed by atoms with van der Waals surface area (Å²) in [7, 11) is 1.35. The second-order valence-electron chi connectivity index (χ2n) is 6.76. The van der Waals surface area contributed by atoms with E-state index in [-0.39, 0.29) is 48.5 Å². The van der Waals surface area contributed by atoms with Gasteiger partial charge >= 0.3 is 6.61 Å². The summed E-state index contributed by atoms with van der Waals surface area (Å²) in [6, 6.07) is 10.5. The molecule has 30 heavy (non-hydrogen) atoms. The zero-order chi connectivity index (χ0) is 21.7. The molecule has 0 spiro atoms. The number of anilines is 1. The molecule has 1 aliphatic heterocycles. The second-order valence-corrected chi connectivity index (χ2v) is 6.76. The number of ether oxygens (including phenoxy) is 2. The van der Waals surface area contributed by atoms with Gasteiger partial charge in [-0.15, -0.1) is 0 Å². The topological polar surface area (TPSA) is 67.9 Å². The molecule has 160 valence electrons. The highest BCUT2D eigenvalue weighted by atomic mass is 19.3. The molecule has 1 atom stereocenters. The van der Waals surface area contributed by atoms with Gasteiger partial charge in [0, 0.05) is 19.5 Å². The molecule has 1 fully saturated rings. The molecule has 1 saturated heterocycles. The Hall–Kier alpha value is -3.23. The fraction of sp³-hybridized carbons (Fsp3) is 0.333. The van der Waals surface area contributed by atoms with E-state index in [1.165, 1.54) is 42.3 Å². The van der Waals surface area contributed by atoms with Gasteiger partial charge < -0.3 is 19.7 Å². The van der Waals surface area contributed by atoms with Crippen LogP contribution in [0.5, 0.6) is 11.5 Å². The highest BCUT2D eigenvalue weighted by Crippen LogP contribution is 2.30. The van der Waals surface area contributed by atoms with Crippen LogP contribution in [0.3, 0.4) is 0 Å². The number of methoxy groups -OCH3 is 1. The van der Waals surface area contributed by atoms with Gasteiger partial charge in [-0.25, -0.2) is 4.39 Å². The Morgan fingerprint density at radius 2 is 2.00 bits per heavy atom. The number of nitrogens with one attached hydrogen (secondary N) is 1. The number of rotatable bonds is 8. The lowest BCUT2D eigenvalue weighted by Gasteiger charge is -2.17. The van der Waals surface area contributed by atoms with E-state index in [1.807, 2.05) is 0 Å². The molecule has 2 aromatic rings. The van der Waals surface area contributed by atoms with E-state index in [9.17, 15) is 22.8 Å². The molecular weight excluding hydrogens is 401 g/mol. The van der Waals surface area contributed by atoms with Crippen molar-refractivity contribution in [2.75, 3.05) is 25.1 Å². The van der Waals surface area contributed by atoms with Crippen LogP contribution in [0.1, 0.15) is 12.0 Å². The van der Waals surface area contributed by atoms with Crippen LogP contribution in [-0.2, 0) is 16.0 Å². The molecule has 3 rings (SSSR count). The van der Waals surface area contributed by atoms with Crippen molar-refractivity contribution in [1.82, 2.24) is 5.32 Å². The van der Waals surface area contributed by atoms with Crippen LogP contribution >= 0.6 is 0 Å². The van der Waals surface area contributed by atoms with Crippen molar-refractivity contribution < 1.29 is 32.2 Å². The lowest BCUT2D eigenvalue weighted by atomic mass is 10.1. The van der Waals surface area contributed by atoms with Crippen LogP contribution in [0.2, 0.25) is 0 Å². The molecule has 1 heterocycles. The van der Waals surface area contributed by atoms with E-state index < -0.39 is 18.3 Å². The van der Waals surface area contributed by atoms with Crippen molar-refractivity contribution in [3.05, 3.63) is 53.8 Å². The van der Waals surface area contributed by atoms with Crippen molar-refractivity contribution in [3.63, 3.8) is 0 Å². The van der Waals surface area contributed by atoms with Gasteiger partial charge in [-0.3, -0.25) is 9.59 Å². The Kier molecular flexibility index (Phi) is 6.81. The van der Waals surface area contributed by atoms with Crippen molar-refractivity contribution in [1.29, 1.82) is 0 Å². The van der Waals surface area contributed by atoms with E-state index in [4.69, 9.17) is 4.74 Å². The zero-order valence-electron chi connectivity index (χ0n) is 16.2. The van der Waals surface area contributed by atoms with Gasteiger partial charge in [-0.1, -0.05) is 18.2 Å². The van der Waals surface area contributed by atoms with Gasteiger partial charge in [0.25, 0.3) is 0 Å². The number of halogens is 3. The first kappa shape index (κ1) is 21.5. The smallest absolute Gasteiger partial charge is 0.387 e. The number of benzene rings is 2. The minimum absolute atomic E-state index is 0.00488. The lowest BCUT2D eigenvalue weighted by molar-refractivity contribution is -0.126.